The average Bonchev–Trinajstić information content (AvgIpc) is 2.78. The third kappa shape index (κ3) is 5.49. The highest BCUT2D eigenvalue weighted by molar-refractivity contribution is 5.94. The highest BCUT2D eigenvalue weighted by Gasteiger charge is 2.25. The van der Waals surface area contributed by atoms with E-state index in [1.54, 1.807) is 14.2 Å². The Bertz CT molecular complexity index is 799. The lowest BCUT2D eigenvalue weighted by Crippen LogP contribution is -3.13. The largest absolute Gasteiger partial charge is 0.497 e. The first-order valence-corrected chi connectivity index (χ1v) is 10.1. The first-order valence-electron chi connectivity index (χ1n) is 10.1. The first kappa shape index (κ1) is 21.1. The van der Waals surface area contributed by atoms with Gasteiger partial charge in [-0.05, 0) is 49.4 Å². The minimum atomic E-state index is 0.0777. The summed E-state index contributed by atoms with van der Waals surface area (Å²) < 4.78 is 16.1. The van der Waals surface area contributed by atoms with Gasteiger partial charge in [-0.25, -0.2) is 0 Å². The molecule has 2 aromatic rings. The number of benzene rings is 2. The molecule has 1 fully saturated rings. The molecule has 0 bridgehead atoms. The van der Waals surface area contributed by atoms with Gasteiger partial charge in [-0.1, -0.05) is 0 Å². The van der Waals surface area contributed by atoms with Crippen molar-refractivity contribution in [3.8, 4) is 11.5 Å². The van der Waals surface area contributed by atoms with Gasteiger partial charge in [-0.15, -0.1) is 0 Å². The molecule has 1 saturated heterocycles. The van der Waals surface area contributed by atoms with Crippen LogP contribution in [0.15, 0.2) is 42.5 Å². The van der Waals surface area contributed by atoms with Crippen molar-refractivity contribution < 1.29 is 23.9 Å². The van der Waals surface area contributed by atoms with Crippen LogP contribution in [0.25, 0.3) is 0 Å². The van der Waals surface area contributed by atoms with E-state index in [9.17, 15) is 4.79 Å². The van der Waals surface area contributed by atoms with Crippen molar-refractivity contribution in [1.29, 1.82) is 0 Å². The maximum atomic E-state index is 13.0. The van der Waals surface area contributed by atoms with Crippen LogP contribution in [0.2, 0.25) is 0 Å². The summed E-state index contributed by atoms with van der Waals surface area (Å²) >= 11 is 0. The zero-order chi connectivity index (χ0) is 20.6. The van der Waals surface area contributed by atoms with E-state index in [-0.39, 0.29) is 5.91 Å². The third-order valence-electron chi connectivity index (χ3n) is 5.36. The van der Waals surface area contributed by atoms with Crippen molar-refractivity contribution in [3.05, 3.63) is 59.2 Å². The number of carbonyl (C=O) groups is 1. The molecular formula is C23H31N2O4+. The summed E-state index contributed by atoms with van der Waals surface area (Å²) in [6.45, 7) is 7.40. The second-order valence-electron chi connectivity index (χ2n) is 7.23. The molecule has 1 N–H and O–H groups in total. The van der Waals surface area contributed by atoms with Crippen LogP contribution in [0.3, 0.4) is 0 Å². The Kier molecular flexibility index (Phi) is 7.49. The molecule has 6 heteroatoms. The van der Waals surface area contributed by atoms with E-state index < -0.39 is 0 Å². The Morgan fingerprint density at radius 2 is 1.76 bits per heavy atom. The molecule has 0 spiro atoms. The number of methoxy groups -OCH3 is 2. The Labute approximate surface area is 173 Å². The van der Waals surface area contributed by atoms with Crippen molar-refractivity contribution in [2.75, 3.05) is 47.0 Å². The molecule has 0 aromatic heterocycles. The van der Waals surface area contributed by atoms with Crippen molar-refractivity contribution in [2.45, 2.75) is 20.1 Å². The van der Waals surface area contributed by atoms with Crippen molar-refractivity contribution >= 4 is 5.91 Å². The van der Waals surface area contributed by atoms with Gasteiger partial charge in [-0.2, -0.15) is 0 Å². The maximum absolute atomic E-state index is 13.0. The number of hydrogen-bond acceptors (Lipinski definition) is 4. The van der Waals surface area contributed by atoms with Crippen LogP contribution >= 0.6 is 0 Å². The standard InChI is InChI=1S/C23H30N2O4/c1-4-29-17-20-15-19(7-10-22(20)28-3)23(26)25-13-11-24(12-14-25)16-18-5-8-21(27-2)9-6-18/h5-10,15H,4,11-14,16-17H2,1-3H3/p+1. The summed E-state index contributed by atoms with van der Waals surface area (Å²) in [5.74, 6) is 1.71. The van der Waals surface area contributed by atoms with E-state index in [0.29, 0.717) is 18.8 Å². The van der Waals surface area contributed by atoms with Crippen LogP contribution in [0.1, 0.15) is 28.4 Å². The van der Waals surface area contributed by atoms with Gasteiger partial charge in [0.05, 0.1) is 47.0 Å². The lowest BCUT2D eigenvalue weighted by atomic mass is 10.1. The van der Waals surface area contributed by atoms with Crippen LogP contribution in [-0.4, -0.2) is 57.8 Å². The van der Waals surface area contributed by atoms with E-state index in [4.69, 9.17) is 14.2 Å². The number of ether oxygens (including phenoxy) is 3. The van der Waals surface area contributed by atoms with Gasteiger partial charge < -0.3 is 24.0 Å². The maximum Gasteiger partial charge on any atom is 0.254 e. The van der Waals surface area contributed by atoms with Gasteiger partial charge in [0.15, 0.2) is 0 Å². The van der Waals surface area contributed by atoms with E-state index in [0.717, 1.165) is 49.8 Å². The third-order valence-corrected chi connectivity index (χ3v) is 5.36. The van der Waals surface area contributed by atoms with Crippen molar-refractivity contribution in [1.82, 2.24) is 4.90 Å². The fourth-order valence-electron chi connectivity index (χ4n) is 3.65. The van der Waals surface area contributed by atoms with Crippen LogP contribution in [0.5, 0.6) is 11.5 Å². The fraction of sp³-hybridized carbons (Fsp3) is 0.435. The van der Waals surface area contributed by atoms with E-state index in [2.05, 4.69) is 12.1 Å². The molecule has 29 heavy (non-hydrogen) atoms. The Morgan fingerprint density at radius 1 is 1.03 bits per heavy atom. The molecule has 1 aliphatic heterocycles. The molecule has 1 amide bonds. The second kappa shape index (κ2) is 10.3. The molecule has 0 atom stereocenters. The summed E-state index contributed by atoms with van der Waals surface area (Å²) in [4.78, 5) is 16.4. The number of rotatable bonds is 8. The van der Waals surface area contributed by atoms with E-state index in [1.165, 1.54) is 10.5 Å². The van der Waals surface area contributed by atoms with Gasteiger partial charge in [0.1, 0.15) is 18.0 Å². The zero-order valence-electron chi connectivity index (χ0n) is 17.6. The Hall–Kier alpha value is -2.57. The first-order chi connectivity index (χ1) is 14.1. The SMILES string of the molecule is CCOCc1cc(C(=O)N2CC[NH+](Cc3ccc(OC)cc3)CC2)ccc1OC. The van der Waals surface area contributed by atoms with E-state index >= 15 is 0 Å². The second-order valence-corrected chi connectivity index (χ2v) is 7.23. The number of quaternary nitrogens is 1. The molecule has 3 rings (SSSR count). The van der Waals surface area contributed by atoms with Gasteiger partial charge in [-0.3, -0.25) is 4.79 Å². The normalized spacial score (nSPS) is 14.7. The lowest BCUT2D eigenvalue weighted by Gasteiger charge is -2.32. The van der Waals surface area contributed by atoms with Gasteiger partial charge >= 0.3 is 0 Å². The quantitative estimate of drug-likeness (QED) is 0.735. The molecule has 0 aliphatic carbocycles. The van der Waals surface area contributed by atoms with Crippen LogP contribution in [-0.2, 0) is 17.9 Å². The minimum Gasteiger partial charge on any atom is -0.497 e. The molecular weight excluding hydrogens is 368 g/mol. The van der Waals surface area contributed by atoms with Gasteiger partial charge in [0.2, 0.25) is 0 Å². The summed E-state index contributed by atoms with van der Waals surface area (Å²) in [5, 5.41) is 0. The van der Waals surface area contributed by atoms with Crippen molar-refractivity contribution in [3.63, 3.8) is 0 Å². The molecule has 1 heterocycles. The van der Waals surface area contributed by atoms with Crippen molar-refractivity contribution in [2.24, 2.45) is 0 Å². The topological polar surface area (TPSA) is 52.4 Å². The molecule has 156 valence electrons. The van der Waals surface area contributed by atoms with E-state index in [1.807, 2.05) is 42.2 Å². The number of carbonyl (C=O) groups excluding carboxylic acids is 1. The number of piperazine rings is 1. The summed E-state index contributed by atoms with van der Waals surface area (Å²) in [6, 6.07) is 13.8. The molecule has 0 unspecified atom stereocenters. The summed E-state index contributed by atoms with van der Waals surface area (Å²) in [6.07, 6.45) is 0. The lowest BCUT2D eigenvalue weighted by molar-refractivity contribution is -0.917. The molecule has 0 radical (unpaired) electrons. The summed E-state index contributed by atoms with van der Waals surface area (Å²) in [7, 11) is 3.32. The molecule has 2 aromatic carbocycles. The van der Waals surface area contributed by atoms with Crippen LogP contribution < -0.4 is 14.4 Å². The molecule has 0 saturated carbocycles. The monoisotopic (exact) mass is 399 g/mol. The predicted molar refractivity (Wildman–Crippen MR) is 112 cm³/mol. The zero-order valence-corrected chi connectivity index (χ0v) is 17.6. The number of amides is 1. The highest BCUT2D eigenvalue weighted by atomic mass is 16.5. The average molecular weight is 400 g/mol. The Balaban J connectivity index is 1.57. The predicted octanol–water partition coefficient (Wildman–Crippen LogP) is 1.78. The number of hydrogen-bond donors (Lipinski definition) is 1. The fourth-order valence-corrected chi connectivity index (χ4v) is 3.65. The number of nitrogens with zero attached hydrogens (tertiary/aromatic N) is 1. The van der Waals surface area contributed by atoms with Gasteiger partial charge in [0.25, 0.3) is 5.91 Å². The molecule has 1 aliphatic rings. The summed E-state index contributed by atoms with van der Waals surface area (Å²) in [5.41, 5.74) is 2.89. The van der Waals surface area contributed by atoms with Crippen LogP contribution in [0.4, 0.5) is 0 Å². The molecule has 6 nitrogen and oxygen atoms in total. The highest BCUT2D eigenvalue weighted by Crippen LogP contribution is 2.22. The minimum absolute atomic E-state index is 0.0777. The smallest absolute Gasteiger partial charge is 0.254 e. The Morgan fingerprint density at radius 3 is 2.38 bits per heavy atom. The van der Waals surface area contributed by atoms with Gasteiger partial charge in [0, 0.05) is 23.3 Å². The number of nitrogens with one attached hydrogen (secondary N) is 1. The van der Waals surface area contributed by atoms with Crippen LogP contribution in [0, 0.1) is 0 Å².